The van der Waals surface area contributed by atoms with Crippen LogP contribution < -0.4 is 10.6 Å². The second kappa shape index (κ2) is 11.3. The number of benzene rings is 1. The van der Waals surface area contributed by atoms with Crippen molar-refractivity contribution in [2.45, 2.75) is 31.4 Å². The number of nitrogens with zero attached hydrogens (tertiary/aromatic N) is 5. The van der Waals surface area contributed by atoms with E-state index in [1.54, 1.807) is 41.4 Å². The highest BCUT2D eigenvalue weighted by molar-refractivity contribution is 6.06. The molecule has 3 atom stereocenters. The van der Waals surface area contributed by atoms with Crippen molar-refractivity contribution in [1.29, 1.82) is 0 Å². The monoisotopic (exact) mass is 522 g/mol. The number of aliphatic hydroxyl groups excluding tert-OH is 1. The molecule has 0 saturated carbocycles. The molecule has 198 valence electrons. The van der Waals surface area contributed by atoms with Crippen LogP contribution in [0.15, 0.2) is 49.2 Å². The third-order valence-corrected chi connectivity index (χ3v) is 5.93. The van der Waals surface area contributed by atoms with E-state index in [-0.39, 0.29) is 31.4 Å². The van der Waals surface area contributed by atoms with Gasteiger partial charge in [0.1, 0.15) is 31.4 Å². The fourth-order valence-corrected chi connectivity index (χ4v) is 4.19. The van der Waals surface area contributed by atoms with Crippen molar-refractivity contribution < 1.29 is 28.9 Å². The number of esters is 1. The van der Waals surface area contributed by atoms with Crippen molar-refractivity contribution in [3.8, 4) is 0 Å². The number of anilines is 2. The average Bonchev–Trinajstić information content (AvgIpc) is 3.67. The Morgan fingerprint density at radius 2 is 2.11 bits per heavy atom. The number of hydrogen-bond acceptors (Lipinski definition) is 11. The lowest BCUT2D eigenvalue weighted by Gasteiger charge is -2.17. The van der Waals surface area contributed by atoms with Gasteiger partial charge in [-0.05, 0) is 12.1 Å². The molecule has 1 amide bonds. The van der Waals surface area contributed by atoms with Gasteiger partial charge in [0.2, 0.25) is 5.95 Å². The van der Waals surface area contributed by atoms with E-state index in [0.29, 0.717) is 29.2 Å². The number of aromatic nitrogens is 6. The van der Waals surface area contributed by atoms with Crippen LogP contribution in [0.25, 0.3) is 11.2 Å². The molecule has 1 aliphatic rings. The van der Waals surface area contributed by atoms with Crippen molar-refractivity contribution in [1.82, 2.24) is 29.5 Å². The van der Waals surface area contributed by atoms with Gasteiger partial charge in [0.15, 0.2) is 17.0 Å². The lowest BCUT2D eigenvalue weighted by atomic mass is 10.2. The molecule has 0 spiro atoms. The molecule has 38 heavy (non-hydrogen) atoms. The number of ether oxygens (including phenoxy) is 3. The Hall–Kier alpha value is -4.40. The summed E-state index contributed by atoms with van der Waals surface area (Å²) in [6.07, 6.45) is 2.59. The molecule has 1 fully saturated rings. The first-order chi connectivity index (χ1) is 18.6. The van der Waals surface area contributed by atoms with Gasteiger partial charge in [-0.1, -0.05) is 18.2 Å². The van der Waals surface area contributed by atoms with Gasteiger partial charge in [0.05, 0.1) is 25.2 Å². The predicted octanol–water partition coefficient (Wildman–Crippen LogP) is 1.25. The molecule has 0 radical (unpaired) electrons. The van der Waals surface area contributed by atoms with Crippen molar-refractivity contribution in [3.05, 3.63) is 60.4 Å². The summed E-state index contributed by atoms with van der Waals surface area (Å²) in [4.78, 5) is 45.2. The van der Waals surface area contributed by atoms with Crippen molar-refractivity contribution >= 4 is 34.8 Å². The number of nitrogens with one attached hydrogen (secondary N) is 3. The van der Waals surface area contributed by atoms with Crippen LogP contribution in [-0.2, 0) is 25.5 Å². The molecular formula is C24H26N8O6. The molecule has 5 rings (SSSR count). The molecule has 4 N–H and O–H groups in total. The molecule has 1 saturated heterocycles. The molecular weight excluding hydrogens is 496 g/mol. The minimum absolute atomic E-state index is 0.215. The Morgan fingerprint density at radius 3 is 2.84 bits per heavy atom. The van der Waals surface area contributed by atoms with Gasteiger partial charge in [-0.3, -0.25) is 9.36 Å². The summed E-state index contributed by atoms with van der Waals surface area (Å²) < 4.78 is 18.1. The molecule has 4 aromatic rings. The van der Waals surface area contributed by atoms with E-state index >= 15 is 0 Å². The van der Waals surface area contributed by atoms with E-state index in [0.717, 1.165) is 5.69 Å². The molecule has 3 aromatic heterocycles. The fraction of sp³-hybridized carbons (Fsp3) is 0.333. The zero-order chi connectivity index (χ0) is 26.5. The van der Waals surface area contributed by atoms with Crippen LogP contribution in [0.5, 0.6) is 0 Å². The summed E-state index contributed by atoms with van der Waals surface area (Å²) in [5.41, 5.74) is 1.97. The maximum atomic E-state index is 12.8. The number of carbonyl (C=O) groups is 2. The first-order valence-corrected chi connectivity index (χ1v) is 11.8. The maximum absolute atomic E-state index is 12.8. The molecule has 14 nitrogen and oxygen atoms in total. The Kier molecular flexibility index (Phi) is 7.53. The van der Waals surface area contributed by atoms with Crippen LogP contribution in [-0.4, -0.2) is 79.0 Å². The van der Waals surface area contributed by atoms with Gasteiger partial charge in [-0.2, -0.15) is 0 Å². The van der Waals surface area contributed by atoms with E-state index in [1.807, 2.05) is 6.07 Å². The highest BCUT2D eigenvalue weighted by atomic mass is 16.6. The average molecular weight is 523 g/mol. The van der Waals surface area contributed by atoms with Crippen LogP contribution in [0.1, 0.15) is 28.7 Å². The minimum atomic E-state index is -0.766. The maximum Gasteiger partial charge on any atom is 0.332 e. The lowest BCUT2D eigenvalue weighted by molar-refractivity contribution is -0.157. The zero-order valence-electron chi connectivity index (χ0n) is 20.4. The van der Waals surface area contributed by atoms with Crippen molar-refractivity contribution in [2.75, 3.05) is 31.0 Å². The van der Waals surface area contributed by atoms with Gasteiger partial charge < -0.3 is 34.9 Å². The highest BCUT2D eigenvalue weighted by Crippen LogP contribution is 2.36. The van der Waals surface area contributed by atoms with E-state index in [9.17, 15) is 14.7 Å². The van der Waals surface area contributed by atoms with E-state index in [4.69, 9.17) is 14.2 Å². The number of aliphatic hydroxyl groups is 1. The second-order valence-electron chi connectivity index (χ2n) is 8.46. The van der Waals surface area contributed by atoms with Gasteiger partial charge in [0.25, 0.3) is 5.91 Å². The molecule has 4 heterocycles. The Morgan fingerprint density at radius 1 is 1.26 bits per heavy atom. The number of aromatic amines is 1. The van der Waals surface area contributed by atoms with Crippen LogP contribution in [0.4, 0.5) is 11.8 Å². The zero-order valence-corrected chi connectivity index (χ0v) is 20.4. The number of methoxy groups -OCH3 is 1. The largest absolute Gasteiger partial charge is 0.458 e. The number of hydrogen-bond donors (Lipinski definition) is 4. The quantitative estimate of drug-likeness (QED) is 0.220. The predicted molar refractivity (Wildman–Crippen MR) is 133 cm³/mol. The second-order valence-corrected chi connectivity index (χ2v) is 8.46. The molecule has 0 bridgehead atoms. The molecule has 1 aliphatic heterocycles. The number of rotatable bonds is 10. The first-order valence-electron chi connectivity index (χ1n) is 11.8. The normalized spacial score (nSPS) is 18.9. The van der Waals surface area contributed by atoms with E-state index in [2.05, 4.69) is 35.6 Å². The Balaban J connectivity index is 1.49. The summed E-state index contributed by atoms with van der Waals surface area (Å²) in [6.45, 7) is -0.231. The van der Waals surface area contributed by atoms with Gasteiger partial charge in [0, 0.05) is 25.3 Å². The first kappa shape index (κ1) is 25.3. The number of H-pyrrole nitrogens is 1. The van der Waals surface area contributed by atoms with Crippen LogP contribution in [0.3, 0.4) is 0 Å². The Bertz CT molecular complexity index is 1390. The number of carbonyl (C=O) groups excluding carboxylic acids is 2. The van der Waals surface area contributed by atoms with Crippen LogP contribution in [0, 0.1) is 0 Å². The van der Waals surface area contributed by atoms with Crippen molar-refractivity contribution in [2.24, 2.45) is 0 Å². The Labute approximate surface area is 216 Å². The summed E-state index contributed by atoms with van der Waals surface area (Å²) in [5.74, 6) is -0.334. The molecule has 0 aliphatic carbocycles. The molecule has 14 heteroatoms. The number of amides is 1. The van der Waals surface area contributed by atoms with Gasteiger partial charge in [-0.15, -0.1) is 0 Å². The minimum Gasteiger partial charge on any atom is -0.458 e. The van der Waals surface area contributed by atoms with E-state index in [1.165, 1.54) is 13.4 Å². The SMILES string of the molecule is COCC(=O)O[C@H]1C[C@H](n2c(NCc3cnc[nH]3)nc3c(NC(=O)c4ccccc4)ncnc32)O[C@@H]1CO. The smallest absolute Gasteiger partial charge is 0.332 e. The number of fused-ring (bicyclic) bond motifs is 1. The van der Waals surface area contributed by atoms with Gasteiger partial charge >= 0.3 is 5.97 Å². The lowest BCUT2D eigenvalue weighted by Crippen LogP contribution is -2.31. The topological polar surface area (TPSA) is 178 Å². The third-order valence-electron chi connectivity index (χ3n) is 5.93. The summed E-state index contributed by atoms with van der Waals surface area (Å²) in [7, 11) is 1.39. The third kappa shape index (κ3) is 5.32. The summed E-state index contributed by atoms with van der Waals surface area (Å²) in [6, 6.07) is 8.73. The van der Waals surface area contributed by atoms with E-state index < -0.39 is 24.4 Å². The van der Waals surface area contributed by atoms with Gasteiger partial charge in [-0.25, -0.2) is 24.7 Å². The standard InChI is InChI=1S/C24H26N8O6/c1-36-11-19(34)38-16-7-18(37-17(16)10-33)32-22-20(30-24(32)26-9-15-8-25-12-27-15)21(28-13-29-22)31-23(35)14-5-3-2-4-6-14/h2-6,8,12-13,16-18,33H,7,9-11H2,1H3,(H,25,27)(H,26,30)(H,28,29,31,35)/t16-,17+,18+/m0/s1. The fourth-order valence-electron chi connectivity index (χ4n) is 4.19. The van der Waals surface area contributed by atoms with Crippen molar-refractivity contribution in [3.63, 3.8) is 0 Å². The number of imidazole rings is 2. The van der Waals surface area contributed by atoms with Crippen LogP contribution in [0.2, 0.25) is 0 Å². The highest BCUT2D eigenvalue weighted by Gasteiger charge is 2.40. The van der Waals surface area contributed by atoms with Crippen LogP contribution >= 0.6 is 0 Å². The molecule has 1 aromatic carbocycles. The summed E-state index contributed by atoms with van der Waals surface area (Å²) >= 11 is 0. The summed E-state index contributed by atoms with van der Waals surface area (Å²) in [5, 5.41) is 15.9. The molecule has 0 unspecified atom stereocenters.